The summed E-state index contributed by atoms with van der Waals surface area (Å²) in [7, 11) is 0. The molecule has 150 valence electrons. The van der Waals surface area contributed by atoms with Crippen LogP contribution in [0.4, 0.5) is 5.82 Å². The summed E-state index contributed by atoms with van der Waals surface area (Å²) in [6.07, 6.45) is 11.0. The minimum absolute atomic E-state index is 0.0965. The van der Waals surface area contributed by atoms with Crippen LogP contribution in [0.1, 0.15) is 44.1 Å². The summed E-state index contributed by atoms with van der Waals surface area (Å²) < 4.78 is 0. The van der Waals surface area contributed by atoms with Gasteiger partial charge in [-0.3, -0.25) is 9.78 Å². The van der Waals surface area contributed by atoms with Crippen LogP contribution >= 0.6 is 0 Å². The zero-order valence-corrected chi connectivity index (χ0v) is 16.7. The predicted molar refractivity (Wildman–Crippen MR) is 117 cm³/mol. The van der Waals surface area contributed by atoms with E-state index in [1.54, 1.807) is 6.20 Å². The van der Waals surface area contributed by atoms with Crippen molar-refractivity contribution in [1.82, 2.24) is 15.3 Å². The molecular weight excluding hydrogens is 360 g/mol. The number of hydrogen-bond acceptors (Lipinski definition) is 4. The SMILES string of the molecule is Nc1nc2ccc(-c3cccnc3)cc2cc1CCC(=O)NCC1CCCCC1. The van der Waals surface area contributed by atoms with Crippen molar-refractivity contribution in [1.29, 1.82) is 0 Å². The standard InChI is InChI=1S/C24H28N4O/c25-24-19(9-11-23(29)27-15-17-5-2-1-3-6-17)14-21-13-18(8-10-22(21)28-24)20-7-4-12-26-16-20/h4,7-8,10,12-14,16-17H,1-3,5-6,9,11,15H2,(H2,25,28)(H,27,29). The van der Waals surface area contributed by atoms with Gasteiger partial charge in [-0.05, 0) is 60.6 Å². The van der Waals surface area contributed by atoms with Crippen molar-refractivity contribution >= 4 is 22.6 Å². The topological polar surface area (TPSA) is 80.9 Å². The molecule has 0 radical (unpaired) electrons. The molecule has 0 saturated heterocycles. The molecule has 0 spiro atoms. The zero-order chi connectivity index (χ0) is 20.1. The maximum Gasteiger partial charge on any atom is 0.220 e. The molecule has 1 aliphatic rings. The Balaban J connectivity index is 1.42. The van der Waals surface area contributed by atoms with Crippen LogP contribution < -0.4 is 11.1 Å². The van der Waals surface area contributed by atoms with Crippen molar-refractivity contribution in [2.45, 2.75) is 44.9 Å². The van der Waals surface area contributed by atoms with Crippen LogP contribution in [0.3, 0.4) is 0 Å². The lowest BCUT2D eigenvalue weighted by Gasteiger charge is -2.21. The third-order valence-electron chi connectivity index (χ3n) is 5.86. The van der Waals surface area contributed by atoms with Gasteiger partial charge < -0.3 is 11.1 Å². The molecule has 0 aliphatic heterocycles. The highest BCUT2D eigenvalue weighted by Crippen LogP contribution is 2.26. The van der Waals surface area contributed by atoms with Gasteiger partial charge in [-0.2, -0.15) is 0 Å². The number of nitrogens with two attached hydrogens (primary N) is 1. The van der Waals surface area contributed by atoms with Gasteiger partial charge in [0.2, 0.25) is 5.91 Å². The second-order valence-corrected chi connectivity index (χ2v) is 7.99. The summed E-state index contributed by atoms with van der Waals surface area (Å²) in [5, 5.41) is 4.13. The van der Waals surface area contributed by atoms with Crippen molar-refractivity contribution < 1.29 is 4.79 Å². The fourth-order valence-corrected chi connectivity index (χ4v) is 4.13. The highest BCUT2D eigenvalue weighted by atomic mass is 16.1. The third kappa shape index (κ3) is 4.91. The molecule has 1 fully saturated rings. The number of nitrogen functional groups attached to an aromatic ring is 1. The monoisotopic (exact) mass is 388 g/mol. The van der Waals surface area contributed by atoms with Crippen molar-refractivity contribution in [3.8, 4) is 11.1 Å². The van der Waals surface area contributed by atoms with Gasteiger partial charge >= 0.3 is 0 Å². The third-order valence-corrected chi connectivity index (χ3v) is 5.86. The number of anilines is 1. The van der Waals surface area contributed by atoms with Gasteiger partial charge in [-0.25, -0.2) is 4.98 Å². The lowest BCUT2D eigenvalue weighted by Crippen LogP contribution is -2.30. The second-order valence-electron chi connectivity index (χ2n) is 7.99. The van der Waals surface area contributed by atoms with Gasteiger partial charge in [0.05, 0.1) is 5.52 Å². The number of hydrogen-bond donors (Lipinski definition) is 2. The number of rotatable bonds is 6. The van der Waals surface area contributed by atoms with Crippen LogP contribution in [0.15, 0.2) is 48.8 Å². The zero-order valence-electron chi connectivity index (χ0n) is 16.7. The minimum atomic E-state index is 0.0965. The molecule has 29 heavy (non-hydrogen) atoms. The lowest BCUT2D eigenvalue weighted by molar-refractivity contribution is -0.121. The quantitative estimate of drug-likeness (QED) is 0.651. The number of pyridine rings is 2. The lowest BCUT2D eigenvalue weighted by atomic mass is 9.89. The Bertz CT molecular complexity index is 981. The number of carbonyl (C=O) groups is 1. The molecule has 3 N–H and O–H groups in total. The molecule has 0 atom stereocenters. The van der Waals surface area contributed by atoms with Gasteiger partial charge in [0.1, 0.15) is 5.82 Å². The van der Waals surface area contributed by atoms with Gasteiger partial charge in [0.15, 0.2) is 0 Å². The molecule has 2 aromatic heterocycles. The number of nitrogens with zero attached hydrogens (tertiary/aromatic N) is 2. The molecule has 0 bridgehead atoms. The summed E-state index contributed by atoms with van der Waals surface area (Å²) in [4.78, 5) is 21.0. The van der Waals surface area contributed by atoms with Crippen LogP contribution in [0.2, 0.25) is 0 Å². The first-order chi connectivity index (χ1) is 14.2. The average molecular weight is 389 g/mol. The molecule has 1 amide bonds. The van der Waals surface area contributed by atoms with Crippen molar-refractivity contribution in [2.24, 2.45) is 5.92 Å². The Morgan fingerprint density at radius 1 is 1.10 bits per heavy atom. The van der Waals surface area contributed by atoms with Crippen molar-refractivity contribution in [2.75, 3.05) is 12.3 Å². The number of benzene rings is 1. The van der Waals surface area contributed by atoms with Gasteiger partial charge in [-0.1, -0.05) is 31.4 Å². The smallest absolute Gasteiger partial charge is 0.220 e. The summed E-state index contributed by atoms with van der Waals surface area (Å²) in [5.74, 6) is 1.25. The van der Waals surface area contributed by atoms with E-state index in [9.17, 15) is 4.79 Å². The molecule has 5 heteroatoms. The van der Waals surface area contributed by atoms with Gasteiger partial charge in [-0.15, -0.1) is 0 Å². The highest BCUT2D eigenvalue weighted by Gasteiger charge is 2.14. The fourth-order valence-electron chi connectivity index (χ4n) is 4.13. The Morgan fingerprint density at radius 3 is 2.76 bits per heavy atom. The fraction of sp³-hybridized carbons (Fsp3) is 0.375. The molecular formula is C24H28N4O. The summed E-state index contributed by atoms with van der Waals surface area (Å²) in [6, 6.07) is 12.1. The molecule has 1 saturated carbocycles. The van der Waals surface area contributed by atoms with Crippen LogP contribution in [-0.2, 0) is 11.2 Å². The van der Waals surface area contributed by atoms with Crippen LogP contribution in [-0.4, -0.2) is 22.4 Å². The molecule has 1 aromatic carbocycles. The Labute approximate surface area is 171 Å². The first kappa shape index (κ1) is 19.4. The van der Waals surface area contributed by atoms with Crippen molar-refractivity contribution in [3.05, 3.63) is 54.4 Å². The van der Waals surface area contributed by atoms with E-state index in [4.69, 9.17) is 5.73 Å². The number of amides is 1. The molecule has 3 aromatic rings. The molecule has 5 nitrogen and oxygen atoms in total. The number of aryl methyl sites for hydroxylation is 1. The molecule has 0 unspecified atom stereocenters. The van der Waals surface area contributed by atoms with E-state index in [0.717, 1.165) is 34.1 Å². The highest BCUT2D eigenvalue weighted by molar-refractivity contribution is 5.86. The largest absolute Gasteiger partial charge is 0.383 e. The minimum Gasteiger partial charge on any atom is -0.383 e. The molecule has 2 heterocycles. The molecule has 4 rings (SSSR count). The summed E-state index contributed by atoms with van der Waals surface area (Å²) >= 11 is 0. The van der Waals surface area contributed by atoms with Crippen LogP contribution in [0.5, 0.6) is 0 Å². The van der Waals surface area contributed by atoms with Crippen molar-refractivity contribution in [3.63, 3.8) is 0 Å². The number of fused-ring (bicyclic) bond motifs is 1. The summed E-state index contributed by atoms with van der Waals surface area (Å²) in [5.41, 5.74) is 10.1. The number of carbonyl (C=O) groups excluding carboxylic acids is 1. The van der Waals surface area contributed by atoms with E-state index >= 15 is 0 Å². The summed E-state index contributed by atoms with van der Waals surface area (Å²) in [6.45, 7) is 0.804. The maximum atomic E-state index is 12.3. The Hall–Kier alpha value is -2.95. The van der Waals surface area contributed by atoms with E-state index in [1.807, 2.05) is 30.5 Å². The maximum absolute atomic E-state index is 12.3. The van der Waals surface area contributed by atoms with E-state index in [2.05, 4.69) is 27.4 Å². The van der Waals surface area contributed by atoms with E-state index < -0.39 is 0 Å². The number of nitrogens with one attached hydrogen (secondary N) is 1. The Kier molecular flexibility index (Phi) is 6.03. The first-order valence-corrected chi connectivity index (χ1v) is 10.6. The van der Waals surface area contributed by atoms with Gasteiger partial charge in [0, 0.05) is 36.3 Å². The van der Waals surface area contributed by atoms with Crippen LogP contribution in [0.25, 0.3) is 22.0 Å². The van der Waals surface area contributed by atoms with E-state index in [0.29, 0.717) is 24.6 Å². The van der Waals surface area contributed by atoms with E-state index in [-0.39, 0.29) is 5.91 Å². The normalized spacial score (nSPS) is 14.8. The predicted octanol–water partition coefficient (Wildman–Crippen LogP) is 4.51. The second kappa shape index (κ2) is 9.03. The van der Waals surface area contributed by atoms with Gasteiger partial charge in [0.25, 0.3) is 0 Å². The molecule has 1 aliphatic carbocycles. The van der Waals surface area contributed by atoms with E-state index in [1.165, 1.54) is 32.1 Å². The first-order valence-electron chi connectivity index (χ1n) is 10.6. The average Bonchev–Trinajstić information content (AvgIpc) is 2.77. The van der Waals surface area contributed by atoms with Crippen LogP contribution in [0, 0.1) is 5.92 Å². The number of aromatic nitrogens is 2. The Morgan fingerprint density at radius 2 is 1.97 bits per heavy atom.